The molecule has 0 aliphatic carbocycles. The molecule has 3 rings (SSSR count). The second-order valence-corrected chi connectivity index (χ2v) is 7.26. The van der Waals surface area contributed by atoms with Crippen molar-refractivity contribution in [3.63, 3.8) is 0 Å². The van der Waals surface area contributed by atoms with Crippen LogP contribution in [-0.2, 0) is 0 Å². The lowest BCUT2D eigenvalue weighted by molar-refractivity contribution is 0.0777. The van der Waals surface area contributed by atoms with Crippen LogP contribution in [0.1, 0.15) is 9.67 Å². The van der Waals surface area contributed by atoms with Crippen molar-refractivity contribution < 1.29 is 4.79 Å². The molecule has 2 aromatic rings. The molecule has 0 unspecified atom stereocenters. The molecular formula is C15H14ClNOS2. The highest BCUT2D eigenvalue weighted by Gasteiger charge is 2.20. The van der Waals surface area contributed by atoms with Crippen LogP contribution in [0.25, 0.3) is 10.4 Å². The van der Waals surface area contributed by atoms with Gasteiger partial charge in [-0.1, -0.05) is 29.8 Å². The maximum absolute atomic E-state index is 12.4. The molecule has 2 heterocycles. The highest BCUT2D eigenvalue weighted by Crippen LogP contribution is 2.33. The van der Waals surface area contributed by atoms with Crippen LogP contribution in [0.5, 0.6) is 0 Å². The fourth-order valence-electron chi connectivity index (χ4n) is 2.18. The number of carbonyl (C=O) groups is 1. The summed E-state index contributed by atoms with van der Waals surface area (Å²) in [6.07, 6.45) is 0. The van der Waals surface area contributed by atoms with E-state index < -0.39 is 0 Å². The van der Waals surface area contributed by atoms with Gasteiger partial charge in [0.2, 0.25) is 0 Å². The molecule has 0 spiro atoms. The lowest BCUT2D eigenvalue weighted by Crippen LogP contribution is -2.37. The molecule has 5 heteroatoms. The normalized spacial score (nSPS) is 15.3. The van der Waals surface area contributed by atoms with Crippen molar-refractivity contribution in [3.8, 4) is 10.4 Å². The van der Waals surface area contributed by atoms with E-state index in [1.54, 1.807) is 0 Å². The number of hydrogen-bond acceptors (Lipinski definition) is 3. The fourth-order valence-corrected chi connectivity index (χ4v) is 4.39. The number of halogens is 1. The first-order chi connectivity index (χ1) is 9.75. The van der Waals surface area contributed by atoms with E-state index in [0.717, 1.165) is 44.9 Å². The number of rotatable bonds is 2. The second kappa shape index (κ2) is 6.20. The Hall–Kier alpha value is -0.970. The van der Waals surface area contributed by atoms with Crippen molar-refractivity contribution in [2.75, 3.05) is 24.6 Å². The van der Waals surface area contributed by atoms with Crippen molar-refractivity contribution in [1.29, 1.82) is 0 Å². The fraction of sp³-hybridized carbons (Fsp3) is 0.267. The summed E-state index contributed by atoms with van der Waals surface area (Å²) >= 11 is 9.63. The van der Waals surface area contributed by atoms with E-state index in [4.69, 9.17) is 11.6 Å². The lowest BCUT2D eigenvalue weighted by atomic mass is 10.2. The Bertz CT molecular complexity index is 620. The standard InChI is InChI=1S/C15H14ClNOS2/c16-12-4-2-1-3-11(12)13-5-6-14(20-13)15(18)17-7-9-19-10-8-17/h1-6H,7-10H2. The maximum atomic E-state index is 12.4. The van der Waals surface area contributed by atoms with Gasteiger partial charge in [0, 0.05) is 40.1 Å². The number of thiophene rings is 1. The zero-order valence-electron chi connectivity index (χ0n) is 10.8. The first-order valence-electron chi connectivity index (χ1n) is 6.47. The molecular weight excluding hydrogens is 310 g/mol. The van der Waals surface area contributed by atoms with Crippen LogP contribution < -0.4 is 0 Å². The summed E-state index contributed by atoms with van der Waals surface area (Å²) < 4.78 is 0. The molecule has 1 aliphatic heterocycles. The van der Waals surface area contributed by atoms with Gasteiger partial charge in [-0.15, -0.1) is 11.3 Å². The summed E-state index contributed by atoms with van der Waals surface area (Å²) in [5.41, 5.74) is 0.993. The smallest absolute Gasteiger partial charge is 0.263 e. The summed E-state index contributed by atoms with van der Waals surface area (Å²) in [6.45, 7) is 1.70. The number of benzene rings is 1. The van der Waals surface area contributed by atoms with E-state index in [-0.39, 0.29) is 5.91 Å². The number of thioether (sulfide) groups is 1. The average Bonchev–Trinajstić information content (AvgIpc) is 2.97. The van der Waals surface area contributed by atoms with Gasteiger partial charge in [0.25, 0.3) is 5.91 Å². The highest BCUT2D eigenvalue weighted by molar-refractivity contribution is 7.99. The second-order valence-electron chi connectivity index (χ2n) is 4.55. The Morgan fingerprint density at radius 2 is 1.85 bits per heavy atom. The molecule has 104 valence electrons. The summed E-state index contributed by atoms with van der Waals surface area (Å²) in [5, 5.41) is 0.725. The molecule has 1 aromatic heterocycles. The van der Waals surface area contributed by atoms with Crippen LogP contribution in [0, 0.1) is 0 Å². The summed E-state index contributed by atoms with van der Waals surface area (Å²) in [5.74, 6) is 2.22. The van der Waals surface area contributed by atoms with Crippen molar-refractivity contribution >= 4 is 40.6 Å². The number of carbonyl (C=O) groups excluding carboxylic acids is 1. The quantitative estimate of drug-likeness (QED) is 0.823. The van der Waals surface area contributed by atoms with Gasteiger partial charge in [-0.25, -0.2) is 0 Å². The summed E-state index contributed by atoms with van der Waals surface area (Å²) in [6, 6.07) is 11.6. The predicted octanol–water partition coefficient (Wildman–Crippen LogP) is 4.26. The van der Waals surface area contributed by atoms with E-state index in [0.29, 0.717) is 0 Å². The molecule has 1 amide bonds. The minimum atomic E-state index is 0.147. The third-order valence-corrected chi connectivity index (χ3v) is 5.63. The van der Waals surface area contributed by atoms with E-state index in [9.17, 15) is 4.79 Å². The Balaban J connectivity index is 1.83. The van der Waals surface area contributed by atoms with Crippen molar-refractivity contribution in [2.45, 2.75) is 0 Å². The Labute approximate surface area is 131 Å². The number of amides is 1. The zero-order chi connectivity index (χ0) is 13.9. The van der Waals surface area contributed by atoms with Gasteiger partial charge in [-0.05, 0) is 18.2 Å². The Morgan fingerprint density at radius 1 is 1.10 bits per heavy atom. The van der Waals surface area contributed by atoms with Crippen molar-refractivity contribution in [1.82, 2.24) is 4.90 Å². The van der Waals surface area contributed by atoms with Gasteiger partial charge in [0.1, 0.15) is 0 Å². The molecule has 0 atom stereocenters. The third-order valence-electron chi connectivity index (χ3n) is 3.25. The molecule has 1 aliphatic rings. The molecule has 20 heavy (non-hydrogen) atoms. The number of nitrogens with zero attached hydrogens (tertiary/aromatic N) is 1. The summed E-state index contributed by atoms with van der Waals surface area (Å²) in [7, 11) is 0. The van der Waals surface area contributed by atoms with E-state index in [2.05, 4.69) is 0 Å². The predicted molar refractivity (Wildman–Crippen MR) is 88.0 cm³/mol. The van der Waals surface area contributed by atoms with Crippen LogP contribution in [0.15, 0.2) is 36.4 Å². The van der Waals surface area contributed by atoms with Gasteiger partial charge in [0.15, 0.2) is 0 Å². The van der Waals surface area contributed by atoms with Gasteiger partial charge < -0.3 is 4.90 Å². The van der Waals surface area contributed by atoms with E-state index >= 15 is 0 Å². The SMILES string of the molecule is O=C(c1ccc(-c2ccccc2Cl)s1)N1CCSCC1. The van der Waals surface area contributed by atoms with Crippen LogP contribution >= 0.6 is 34.7 Å². The van der Waals surface area contributed by atoms with Gasteiger partial charge >= 0.3 is 0 Å². The average molecular weight is 324 g/mol. The van der Waals surface area contributed by atoms with Crippen LogP contribution in [0.4, 0.5) is 0 Å². The van der Waals surface area contributed by atoms with Crippen LogP contribution in [0.3, 0.4) is 0 Å². The van der Waals surface area contributed by atoms with E-state index in [1.165, 1.54) is 11.3 Å². The Morgan fingerprint density at radius 3 is 2.60 bits per heavy atom. The molecule has 2 nitrogen and oxygen atoms in total. The zero-order valence-corrected chi connectivity index (χ0v) is 13.2. The molecule has 1 aromatic carbocycles. The van der Waals surface area contributed by atoms with Gasteiger partial charge in [-0.3, -0.25) is 4.79 Å². The first kappa shape index (κ1) is 14.0. The molecule has 0 bridgehead atoms. The van der Waals surface area contributed by atoms with Gasteiger partial charge in [0.05, 0.1) is 4.88 Å². The molecule has 1 saturated heterocycles. The van der Waals surface area contributed by atoms with Crippen molar-refractivity contribution in [3.05, 3.63) is 46.3 Å². The van der Waals surface area contributed by atoms with E-state index in [1.807, 2.05) is 53.1 Å². The van der Waals surface area contributed by atoms with Crippen LogP contribution in [-0.4, -0.2) is 35.4 Å². The third kappa shape index (κ3) is 2.87. The molecule has 0 N–H and O–H groups in total. The van der Waals surface area contributed by atoms with Crippen LogP contribution in [0.2, 0.25) is 5.02 Å². The summed E-state index contributed by atoms with van der Waals surface area (Å²) in [4.78, 5) is 16.2. The topological polar surface area (TPSA) is 20.3 Å². The molecule has 0 saturated carbocycles. The minimum absolute atomic E-state index is 0.147. The van der Waals surface area contributed by atoms with Crippen molar-refractivity contribution in [2.24, 2.45) is 0 Å². The van der Waals surface area contributed by atoms with Gasteiger partial charge in [-0.2, -0.15) is 11.8 Å². The molecule has 1 fully saturated rings. The highest BCUT2D eigenvalue weighted by atomic mass is 35.5. The largest absolute Gasteiger partial charge is 0.336 e. The maximum Gasteiger partial charge on any atom is 0.263 e. The monoisotopic (exact) mass is 323 g/mol. The number of hydrogen-bond donors (Lipinski definition) is 0. The Kier molecular flexibility index (Phi) is 4.34. The molecule has 0 radical (unpaired) electrons. The lowest BCUT2D eigenvalue weighted by Gasteiger charge is -2.25. The first-order valence-corrected chi connectivity index (χ1v) is 8.82. The minimum Gasteiger partial charge on any atom is -0.336 e.